The van der Waals surface area contributed by atoms with E-state index in [2.05, 4.69) is 5.32 Å². The maximum Gasteiger partial charge on any atom is 0.220 e. The van der Waals surface area contributed by atoms with Crippen LogP contribution in [0.3, 0.4) is 0 Å². The number of carbonyl (C=O) groups excluding carboxylic acids is 1. The Balaban J connectivity index is 2.28. The third kappa shape index (κ3) is 4.61. The lowest BCUT2D eigenvalue weighted by Crippen LogP contribution is -2.47. The number of aliphatic hydroxyl groups is 1. The predicted octanol–water partition coefficient (Wildman–Crippen LogP) is 0.160. The van der Waals surface area contributed by atoms with Crippen LogP contribution in [-0.2, 0) is 9.53 Å². The van der Waals surface area contributed by atoms with Gasteiger partial charge in [-0.2, -0.15) is 0 Å². The van der Waals surface area contributed by atoms with Gasteiger partial charge in [0.15, 0.2) is 0 Å². The zero-order valence-corrected chi connectivity index (χ0v) is 11.0. The van der Waals surface area contributed by atoms with E-state index in [1.165, 1.54) is 0 Å². The standard InChI is InChI=1S/C12H24N2O3/c1-9-12(16,6-7-17-9)8-14-10(15)4-5-11(2,3)13/h9,16H,4-8,13H2,1-3H3,(H,14,15). The van der Waals surface area contributed by atoms with Crippen molar-refractivity contribution in [1.29, 1.82) is 0 Å². The smallest absolute Gasteiger partial charge is 0.220 e. The average molecular weight is 244 g/mol. The molecule has 0 aromatic rings. The molecular formula is C12H24N2O3. The van der Waals surface area contributed by atoms with E-state index < -0.39 is 5.60 Å². The molecule has 1 aliphatic heterocycles. The molecule has 4 N–H and O–H groups in total. The molecule has 5 nitrogen and oxygen atoms in total. The third-order valence-corrected chi connectivity index (χ3v) is 3.25. The van der Waals surface area contributed by atoms with Crippen LogP contribution in [0.5, 0.6) is 0 Å². The Labute approximate surface area is 103 Å². The topological polar surface area (TPSA) is 84.6 Å². The first-order valence-corrected chi connectivity index (χ1v) is 6.12. The average Bonchev–Trinajstić information content (AvgIpc) is 2.53. The summed E-state index contributed by atoms with van der Waals surface area (Å²) in [6, 6.07) is 0. The molecule has 1 fully saturated rings. The van der Waals surface area contributed by atoms with Crippen molar-refractivity contribution in [2.45, 2.75) is 57.3 Å². The summed E-state index contributed by atoms with van der Waals surface area (Å²) >= 11 is 0. The van der Waals surface area contributed by atoms with Gasteiger partial charge in [-0.05, 0) is 27.2 Å². The highest BCUT2D eigenvalue weighted by molar-refractivity contribution is 5.76. The van der Waals surface area contributed by atoms with Crippen molar-refractivity contribution in [2.75, 3.05) is 13.2 Å². The normalized spacial score (nSPS) is 29.4. The van der Waals surface area contributed by atoms with E-state index in [9.17, 15) is 9.90 Å². The zero-order valence-electron chi connectivity index (χ0n) is 11.0. The van der Waals surface area contributed by atoms with Gasteiger partial charge >= 0.3 is 0 Å². The summed E-state index contributed by atoms with van der Waals surface area (Å²) in [5, 5.41) is 12.9. The van der Waals surface area contributed by atoms with E-state index in [0.717, 1.165) is 0 Å². The number of hydrogen-bond donors (Lipinski definition) is 3. The fraction of sp³-hybridized carbons (Fsp3) is 0.917. The van der Waals surface area contributed by atoms with E-state index in [0.29, 0.717) is 25.9 Å². The summed E-state index contributed by atoms with van der Waals surface area (Å²) in [6.45, 7) is 6.39. The van der Waals surface area contributed by atoms with E-state index in [-0.39, 0.29) is 24.1 Å². The summed E-state index contributed by atoms with van der Waals surface area (Å²) in [5.41, 5.74) is 4.54. The largest absolute Gasteiger partial charge is 0.385 e. The van der Waals surface area contributed by atoms with Gasteiger partial charge in [-0.25, -0.2) is 0 Å². The molecule has 1 amide bonds. The van der Waals surface area contributed by atoms with Crippen LogP contribution in [-0.4, -0.2) is 41.4 Å². The Hall–Kier alpha value is -0.650. The van der Waals surface area contributed by atoms with Gasteiger partial charge < -0.3 is 20.9 Å². The van der Waals surface area contributed by atoms with Crippen LogP contribution in [0, 0.1) is 0 Å². The van der Waals surface area contributed by atoms with Crippen LogP contribution in [0.4, 0.5) is 0 Å². The molecule has 0 saturated carbocycles. The van der Waals surface area contributed by atoms with Gasteiger partial charge in [-0.1, -0.05) is 0 Å². The number of amides is 1. The van der Waals surface area contributed by atoms with Crippen LogP contribution in [0.15, 0.2) is 0 Å². The minimum absolute atomic E-state index is 0.0731. The van der Waals surface area contributed by atoms with E-state index >= 15 is 0 Å². The molecule has 1 heterocycles. The molecule has 0 spiro atoms. The van der Waals surface area contributed by atoms with Gasteiger partial charge in [-0.3, -0.25) is 4.79 Å². The van der Waals surface area contributed by atoms with Crippen LogP contribution in [0.25, 0.3) is 0 Å². The molecule has 0 aromatic heterocycles. The SMILES string of the molecule is CC1OCCC1(O)CNC(=O)CCC(C)(C)N. The van der Waals surface area contributed by atoms with E-state index in [4.69, 9.17) is 10.5 Å². The Morgan fingerprint density at radius 2 is 2.29 bits per heavy atom. The molecule has 5 heteroatoms. The number of nitrogens with two attached hydrogens (primary N) is 1. The molecule has 1 rings (SSSR count). The van der Waals surface area contributed by atoms with Crippen molar-refractivity contribution in [3.8, 4) is 0 Å². The number of ether oxygens (including phenoxy) is 1. The molecule has 2 atom stereocenters. The van der Waals surface area contributed by atoms with Crippen molar-refractivity contribution in [3.63, 3.8) is 0 Å². The molecule has 0 radical (unpaired) electrons. The minimum Gasteiger partial charge on any atom is -0.385 e. The molecule has 17 heavy (non-hydrogen) atoms. The lowest BCUT2D eigenvalue weighted by molar-refractivity contribution is -0.123. The van der Waals surface area contributed by atoms with Gasteiger partial charge in [-0.15, -0.1) is 0 Å². The van der Waals surface area contributed by atoms with Gasteiger partial charge in [0, 0.05) is 31.5 Å². The second-order valence-corrected chi connectivity index (χ2v) is 5.63. The minimum atomic E-state index is -0.923. The first-order valence-electron chi connectivity index (χ1n) is 6.12. The predicted molar refractivity (Wildman–Crippen MR) is 65.5 cm³/mol. The lowest BCUT2D eigenvalue weighted by atomic mass is 9.96. The molecule has 2 unspecified atom stereocenters. The Kier molecular flexibility index (Phi) is 4.52. The molecule has 1 saturated heterocycles. The maximum absolute atomic E-state index is 11.6. The zero-order chi connectivity index (χ0) is 13.1. The van der Waals surface area contributed by atoms with Crippen LogP contribution >= 0.6 is 0 Å². The van der Waals surface area contributed by atoms with Crippen molar-refractivity contribution in [1.82, 2.24) is 5.32 Å². The molecule has 0 aromatic carbocycles. The summed E-state index contributed by atoms with van der Waals surface area (Å²) in [7, 11) is 0. The quantitative estimate of drug-likeness (QED) is 0.643. The molecule has 100 valence electrons. The second kappa shape index (κ2) is 5.33. The Morgan fingerprint density at radius 3 is 2.76 bits per heavy atom. The first-order chi connectivity index (χ1) is 7.73. The van der Waals surface area contributed by atoms with Gasteiger partial charge in [0.05, 0.1) is 6.10 Å². The summed E-state index contributed by atoms with van der Waals surface area (Å²) < 4.78 is 5.29. The van der Waals surface area contributed by atoms with E-state index in [1.54, 1.807) is 0 Å². The van der Waals surface area contributed by atoms with Crippen LogP contribution in [0.2, 0.25) is 0 Å². The van der Waals surface area contributed by atoms with E-state index in [1.807, 2.05) is 20.8 Å². The first kappa shape index (κ1) is 14.4. The Morgan fingerprint density at radius 1 is 1.65 bits per heavy atom. The van der Waals surface area contributed by atoms with Gasteiger partial charge in [0.1, 0.15) is 5.60 Å². The van der Waals surface area contributed by atoms with Crippen molar-refractivity contribution in [2.24, 2.45) is 5.73 Å². The lowest BCUT2D eigenvalue weighted by Gasteiger charge is -2.26. The fourth-order valence-electron chi connectivity index (χ4n) is 1.78. The van der Waals surface area contributed by atoms with Crippen molar-refractivity contribution >= 4 is 5.91 Å². The van der Waals surface area contributed by atoms with Gasteiger partial charge in [0.2, 0.25) is 5.91 Å². The highest BCUT2D eigenvalue weighted by Crippen LogP contribution is 2.24. The highest BCUT2D eigenvalue weighted by Gasteiger charge is 2.39. The monoisotopic (exact) mass is 244 g/mol. The summed E-state index contributed by atoms with van der Waals surface area (Å²) in [6.07, 6.45) is 1.35. The summed E-state index contributed by atoms with van der Waals surface area (Å²) in [5.74, 6) is -0.0731. The molecular weight excluding hydrogens is 220 g/mol. The molecule has 0 aliphatic carbocycles. The highest BCUT2D eigenvalue weighted by atomic mass is 16.5. The van der Waals surface area contributed by atoms with Crippen molar-refractivity contribution in [3.05, 3.63) is 0 Å². The van der Waals surface area contributed by atoms with Crippen LogP contribution < -0.4 is 11.1 Å². The maximum atomic E-state index is 11.6. The second-order valence-electron chi connectivity index (χ2n) is 5.63. The molecule has 1 aliphatic rings. The number of nitrogens with one attached hydrogen (secondary N) is 1. The number of rotatable bonds is 5. The summed E-state index contributed by atoms with van der Waals surface area (Å²) in [4.78, 5) is 11.6. The fourth-order valence-corrected chi connectivity index (χ4v) is 1.78. The number of carbonyl (C=O) groups is 1. The third-order valence-electron chi connectivity index (χ3n) is 3.25. The van der Waals surface area contributed by atoms with Crippen molar-refractivity contribution < 1.29 is 14.6 Å². The van der Waals surface area contributed by atoms with Crippen LogP contribution in [0.1, 0.15) is 40.0 Å². The number of hydrogen-bond acceptors (Lipinski definition) is 4. The van der Waals surface area contributed by atoms with Gasteiger partial charge in [0.25, 0.3) is 0 Å². The Bertz CT molecular complexity index is 275. The molecule has 0 bridgehead atoms.